The molecule has 0 radical (unpaired) electrons. The van der Waals surface area contributed by atoms with Crippen LogP contribution < -0.4 is 5.32 Å². The molecular formula is C15H15N3O. The number of rotatable bonds is 2. The van der Waals surface area contributed by atoms with Crippen molar-refractivity contribution in [3.63, 3.8) is 0 Å². The first-order valence-corrected chi connectivity index (χ1v) is 6.30. The van der Waals surface area contributed by atoms with Gasteiger partial charge in [0.2, 0.25) is 5.91 Å². The van der Waals surface area contributed by atoms with Gasteiger partial charge in [-0.25, -0.2) is 0 Å². The second-order valence-corrected chi connectivity index (χ2v) is 4.80. The number of H-pyrrole nitrogens is 1. The number of carbonyl (C=O) groups is 1. The van der Waals surface area contributed by atoms with Crippen LogP contribution in [-0.2, 0) is 4.79 Å². The van der Waals surface area contributed by atoms with Crippen molar-refractivity contribution in [1.82, 2.24) is 10.2 Å². The van der Waals surface area contributed by atoms with Crippen LogP contribution in [0.5, 0.6) is 0 Å². The average molecular weight is 253 g/mol. The van der Waals surface area contributed by atoms with Gasteiger partial charge in [-0.1, -0.05) is 42.0 Å². The number of anilines is 1. The van der Waals surface area contributed by atoms with Gasteiger partial charge in [0.15, 0.2) is 0 Å². The van der Waals surface area contributed by atoms with E-state index in [1.807, 2.05) is 18.2 Å². The normalized spacial score (nSPS) is 18.9. The smallest absolute Gasteiger partial charge is 0.226 e. The minimum absolute atomic E-state index is 0.0301. The van der Waals surface area contributed by atoms with Crippen LogP contribution in [0.2, 0.25) is 0 Å². The molecule has 0 aliphatic carbocycles. The van der Waals surface area contributed by atoms with E-state index in [9.17, 15) is 4.79 Å². The molecule has 1 atom stereocenters. The summed E-state index contributed by atoms with van der Waals surface area (Å²) in [5, 5.41) is 9.64. The molecule has 0 unspecified atom stereocenters. The maximum absolute atomic E-state index is 11.7. The Morgan fingerprint density at radius 2 is 2.16 bits per heavy atom. The number of allylic oxidation sites excluding steroid dienone is 1. The Bertz CT molecular complexity index is 628. The zero-order chi connectivity index (χ0) is 13.2. The fourth-order valence-electron chi connectivity index (χ4n) is 2.46. The molecule has 0 saturated heterocycles. The maximum atomic E-state index is 11.7. The highest BCUT2D eigenvalue weighted by Crippen LogP contribution is 2.36. The molecule has 0 spiro atoms. The summed E-state index contributed by atoms with van der Waals surface area (Å²) in [6, 6.07) is 10.1. The van der Waals surface area contributed by atoms with E-state index in [0.717, 1.165) is 16.9 Å². The van der Waals surface area contributed by atoms with Gasteiger partial charge >= 0.3 is 0 Å². The number of nitrogens with one attached hydrogen (secondary N) is 2. The molecule has 96 valence electrons. The van der Waals surface area contributed by atoms with Crippen LogP contribution in [0.1, 0.15) is 30.4 Å². The van der Waals surface area contributed by atoms with E-state index in [1.54, 1.807) is 6.20 Å². The molecule has 0 saturated carbocycles. The fourth-order valence-corrected chi connectivity index (χ4v) is 2.46. The highest BCUT2D eigenvalue weighted by atomic mass is 16.1. The first-order valence-electron chi connectivity index (χ1n) is 6.30. The Morgan fingerprint density at radius 3 is 2.95 bits per heavy atom. The lowest BCUT2D eigenvalue weighted by molar-refractivity contribution is -0.116. The summed E-state index contributed by atoms with van der Waals surface area (Å²) in [6.45, 7) is 2.06. The van der Waals surface area contributed by atoms with Gasteiger partial charge in [-0.15, -0.1) is 0 Å². The third-order valence-electron chi connectivity index (χ3n) is 3.44. The molecule has 1 aliphatic heterocycles. The van der Waals surface area contributed by atoms with Crippen LogP contribution in [-0.4, -0.2) is 16.1 Å². The van der Waals surface area contributed by atoms with Gasteiger partial charge in [0, 0.05) is 17.9 Å². The first-order chi connectivity index (χ1) is 9.24. The van der Waals surface area contributed by atoms with Gasteiger partial charge in [-0.2, -0.15) is 5.10 Å². The standard InChI is InChI=1S/C15H15N3O/c1-10(7-11-5-3-2-4-6-11)12-8-14(19)17-15-13(12)9-16-18-15/h2-7,9,12H,8H2,1H3,(H2,16,17,18,19)/b10-7+/t12-/m1/s1. The number of nitrogens with zero attached hydrogens (tertiary/aromatic N) is 1. The number of hydrogen-bond donors (Lipinski definition) is 2. The second kappa shape index (κ2) is 4.72. The van der Waals surface area contributed by atoms with Crippen molar-refractivity contribution in [3.8, 4) is 0 Å². The van der Waals surface area contributed by atoms with Crippen LogP contribution in [0.4, 0.5) is 5.82 Å². The summed E-state index contributed by atoms with van der Waals surface area (Å²) in [5.74, 6) is 0.854. The molecule has 1 amide bonds. The van der Waals surface area contributed by atoms with Gasteiger partial charge < -0.3 is 5.32 Å². The lowest BCUT2D eigenvalue weighted by atomic mass is 9.87. The molecular weight excluding hydrogens is 238 g/mol. The molecule has 1 aromatic carbocycles. The Hall–Kier alpha value is -2.36. The van der Waals surface area contributed by atoms with Crippen LogP contribution in [0.3, 0.4) is 0 Å². The number of fused-ring (bicyclic) bond motifs is 1. The van der Waals surface area contributed by atoms with Crippen LogP contribution >= 0.6 is 0 Å². The summed E-state index contributed by atoms with van der Waals surface area (Å²) in [4.78, 5) is 11.7. The molecule has 2 heterocycles. The predicted molar refractivity (Wildman–Crippen MR) is 74.7 cm³/mol. The highest BCUT2D eigenvalue weighted by molar-refractivity contribution is 5.94. The number of carbonyl (C=O) groups excluding carboxylic acids is 1. The number of aromatic amines is 1. The molecule has 2 aromatic rings. The predicted octanol–water partition coefficient (Wildman–Crippen LogP) is 2.94. The monoisotopic (exact) mass is 253 g/mol. The van der Waals surface area contributed by atoms with Crippen molar-refractivity contribution in [2.75, 3.05) is 5.32 Å². The number of benzene rings is 1. The molecule has 4 heteroatoms. The summed E-state index contributed by atoms with van der Waals surface area (Å²) < 4.78 is 0. The van der Waals surface area contributed by atoms with E-state index in [4.69, 9.17) is 0 Å². The molecule has 3 rings (SSSR count). The Morgan fingerprint density at radius 1 is 1.37 bits per heavy atom. The van der Waals surface area contributed by atoms with Crippen LogP contribution in [0, 0.1) is 0 Å². The molecule has 2 N–H and O–H groups in total. The van der Waals surface area contributed by atoms with Crippen molar-refractivity contribution in [3.05, 3.63) is 53.2 Å². The number of aromatic nitrogens is 2. The largest absolute Gasteiger partial charge is 0.311 e. The second-order valence-electron chi connectivity index (χ2n) is 4.80. The fraction of sp³-hybridized carbons (Fsp3) is 0.200. The lowest BCUT2D eigenvalue weighted by Crippen LogP contribution is -2.22. The topological polar surface area (TPSA) is 57.8 Å². The zero-order valence-corrected chi connectivity index (χ0v) is 10.7. The third kappa shape index (κ3) is 2.29. The number of hydrogen-bond acceptors (Lipinski definition) is 2. The Balaban J connectivity index is 1.95. The molecule has 0 bridgehead atoms. The van der Waals surface area contributed by atoms with E-state index < -0.39 is 0 Å². The SMILES string of the molecule is C/C(=C\c1ccccc1)[C@H]1CC(=O)Nc2[nH]ncc21. The van der Waals surface area contributed by atoms with E-state index >= 15 is 0 Å². The van der Waals surface area contributed by atoms with Crippen LogP contribution in [0.25, 0.3) is 6.08 Å². The lowest BCUT2D eigenvalue weighted by Gasteiger charge is -2.22. The minimum atomic E-state index is 0.0301. The van der Waals surface area contributed by atoms with Crippen molar-refractivity contribution < 1.29 is 4.79 Å². The van der Waals surface area contributed by atoms with E-state index in [2.05, 4.69) is 40.6 Å². The van der Waals surface area contributed by atoms with Crippen molar-refractivity contribution in [2.45, 2.75) is 19.3 Å². The van der Waals surface area contributed by atoms with Crippen LogP contribution in [0.15, 0.2) is 42.1 Å². The minimum Gasteiger partial charge on any atom is -0.311 e. The van der Waals surface area contributed by atoms with Gasteiger partial charge in [0.05, 0.1) is 6.20 Å². The van der Waals surface area contributed by atoms with Gasteiger partial charge in [0.1, 0.15) is 5.82 Å². The Labute approximate surface area is 111 Å². The van der Waals surface area contributed by atoms with E-state index in [1.165, 1.54) is 5.57 Å². The molecule has 0 fully saturated rings. The average Bonchev–Trinajstić information content (AvgIpc) is 2.86. The molecule has 4 nitrogen and oxygen atoms in total. The van der Waals surface area contributed by atoms with Gasteiger partial charge in [0.25, 0.3) is 0 Å². The summed E-state index contributed by atoms with van der Waals surface area (Å²) >= 11 is 0. The van der Waals surface area contributed by atoms with Crippen molar-refractivity contribution in [1.29, 1.82) is 0 Å². The maximum Gasteiger partial charge on any atom is 0.226 e. The molecule has 1 aromatic heterocycles. The summed E-state index contributed by atoms with van der Waals surface area (Å²) in [5.41, 5.74) is 3.38. The zero-order valence-electron chi connectivity index (χ0n) is 10.7. The van der Waals surface area contributed by atoms with E-state index in [0.29, 0.717) is 6.42 Å². The summed E-state index contributed by atoms with van der Waals surface area (Å²) in [6.07, 6.45) is 4.39. The highest BCUT2D eigenvalue weighted by Gasteiger charge is 2.27. The first kappa shape index (κ1) is 11.7. The molecule has 19 heavy (non-hydrogen) atoms. The van der Waals surface area contributed by atoms with Gasteiger partial charge in [-0.3, -0.25) is 9.89 Å². The van der Waals surface area contributed by atoms with E-state index in [-0.39, 0.29) is 11.8 Å². The third-order valence-corrected chi connectivity index (χ3v) is 3.44. The van der Waals surface area contributed by atoms with Crippen molar-refractivity contribution >= 4 is 17.8 Å². The Kier molecular flexibility index (Phi) is 2.91. The quantitative estimate of drug-likeness (QED) is 0.864. The number of amides is 1. The van der Waals surface area contributed by atoms with Gasteiger partial charge in [-0.05, 0) is 12.5 Å². The molecule has 1 aliphatic rings. The summed E-state index contributed by atoms with van der Waals surface area (Å²) in [7, 11) is 0. The van der Waals surface area contributed by atoms with Crippen molar-refractivity contribution in [2.24, 2.45) is 0 Å².